The fourth-order valence-corrected chi connectivity index (χ4v) is 3.71. The summed E-state index contributed by atoms with van der Waals surface area (Å²) >= 11 is 8.67. The number of nitrogens with zero attached hydrogens (tertiary/aromatic N) is 1. The molecular formula is C14H15ClN2O3S2. The van der Waals surface area contributed by atoms with E-state index in [2.05, 4.69) is 10.3 Å². The van der Waals surface area contributed by atoms with E-state index in [1.807, 2.05) is 5.38 Å². The van der Waals surface area contributed by atoms with Gasteiger partial charge in [-0.1, -0.05) is 11.6 Å². The van der Waals surface area contributed by atoms with E-state index in [1.54, 1.807) is 17.6 Å². The number of carbonyl (C=O) groups excluding carboxylic acids is 1. The van der Waals surface area contributed by atoms with Crippen molar-refractivity contribution in [1.29, 1.82) is 0 Å². The molecule has 3 heterocycles. The lowest BCUT2D eigenvalue weighted by molar-refractivity contribution is -0.0742. The number of hydrogen-bond acceptors (Lipinski definition) is 6. The van der Waals surface area contributed by atoms with E-state index >= 15 is 0 Å². The van der Waals surface area contributed by atoms with Gasteiger partial charge in [0.1, 0.15) is 6.10 Å². The van der Waals surface area contributed by atoms with Gasteiger partial charge in [0.15, 0.2) is 0 Å². The SMILES string of the molecule is O=C(N[C@@H]1CCOC[C@H]1OCc1cscn1)c1ccc(Cl)s1. The van der Waals surface area contributed by atoms with Crippen molar-refractivity contribution >= 4 is 40.2 Å². The molecule has 0 spiro atoms. The van der Waals surface area contributed by atoms with E-state index in [4.69, 9.17) is 21.1 Å². The summed E-state index contributed by atoms with van der Waals surface area (Å²) in [5.74, 6) is -0.119. The second-order valence-corrected chi connectivity index (χ2v) is 7.31. The topological polar surface area (TPSA) is 60.5 Å². The summed E-state index contributed by atoms with van der Waals surface area (Å²) in [6.45, 7) is 1.52. The molecule has 2 aromatic rings. The number of amides is 1. The van der Waals surface area contributed by atoms with Crippen molar-refractivity contribution in [2.75, 3.05) is 13.2 Å². The van der Waals surface area contributed by atoms with Crippen LogP contribution in [-0.2, 0) is 16.1 Å². The third-order valence-electron chi connectivity index (χ3n) is 3.35. The van der Waals surface area contributed by atoms with Crippen molar-refractivity contribution in [3.63, 3.8) is 0 Å². The molecule has 0 aromatic carbocycles. The number of halogens is 1. The largest absolute Gasteiger partial charge is 0.379 e. The molecule has 0 saturated carbocycles. The molecule has 2 atom stereocenters. The molecule has 118 valence electrons. The van der Waals surface area contributed by atoms with Gasteiger partial charge in [0.05, 0.1) is 39.7 Å². The number of aromatic nitrogens is 1. The van der Waals surface area contributed by atoms with Crippen molar-refractivity contribution in [3.05, 3.63) is 37.9 Å². The number of thiophene rings is 1. The molecule has 0 aliphatic carbocycles. The molecule has 22 heavy (non-hydrogen) atoms. The van der Waals surface area contributed by atoms with Gasteiger partial charge in [0, 0.05) is 12.0 Å². The first kappa shape index (κ1) is 15.9. The zero-order valence-corrected chi connectivity index (χ0v) is 14.0. The first-order valence-electron chi connectivity index (χ1n) is 6.85. The quantitative estimate of drug-likeness (QED) is 0.892. The highest BCUT2D eigenvalue weighted by molar-refractivity contribution is 7.18. The Morgan fingerprint density at radius 3 is 3.18 bits per heavy atom. The Morgan fingerprint density at radius 1 is 1.55 bits per heavy atom. The zero-order valence-electron chi connectivity index (χ0n) is 11.7. The van der Waals surface area contributed by atoms with Crippen LogP contribution in [0.25, 0.3) is 0 Å². The number of carbonyl (C=O) groups is 1. The molecule has 5 nitrogen and oxygen atoms in total. The predicted molar refractivity (Wildman–Crippen MR) is 86.7 cm³/mol. The second kappa shape index (κ2) is 7.52. The van der Waals surface area contributed by atoms with E-state index in [0.29, 0.717) is 29.0 Å². The van der Waals surface area contributed by atoms with Gasteiger partial charge in [0.2, 0.25) is 0 Å². The molecule has 2 aromatic heterocycles. The summed E-state index contributed by atoms with van der Waals surface area (Å²) in [5.41, 5.74) is 2.67. The fraction of sp³-hybridized carbons (Fsp3) is 0.429. The Morgan fingerprint density at radius 2 is 2.45 bits per heavy atom. The van der Waals surface area contributed by atoms with Gasteiger partial charge >= 0.3 is 0 Å². The molecule has 0 unspecified atom stereocenters. The molecule has 1 aliphatic rings. The molecule has 8 heteroatoms. The summed E-state index contributed by atoms with van der Waals surface area (Å²) in [5, 5.41) is 4.97. The molecule has 0 radical (unpaired) electrons. The Balaban J connectivity index is 1.58. The lowest BCUT2D eigenvalue weighted by atomic mass is 10.1. The second-order valence-electron chi connectivity index (χ2n) is 4.88. The van der Waals surface area contributed by atoms with Crippen LogP contribution in [0, 0.1) is 0 Å². The van der Waals surface area contributed by atoms with Crippen molar-refractivity contribution < 1.29 is 14.3 Å². The molecule has 3 rings (SSSR count). The maximum atomic E-state index is 12.2. The minimum atomic E-state index is -0.171. The third-order valence-corrected chi connectivity index (χ3v) is 5.21. The Labute approximate surface area is 141 Å². The molecule has 1 amide bonds. The average molecular weight is 359 g/mol. The third kappa shape index (κ3) is 4.05. The zero-order chi connectivity index (χ0) is 15.4. The van der Waals surface area contributed by atoms with Crippen molar-refractivity contribution in [1.82, 2.24) is 10.3 Å². The smallest absolute Gasteiger partial charge is 0.261 e. The Hall–Kier alpha value is -0.990. The van der Waals surface area contributed by atoms with Crippen LogP contribution >= 0.6 is 34.3 Å². The summed E-state index contributed by atoms with van der Waals surface area (Å²) in [6.07, 6.45) is 0.557. The van der Waals surface area contributed by atoms with Crippen LogP contribution in [0.4, 0.5) is 0 Å². The molecule has 1 N–H and O–H groups in total. The maximum absolute atomic E-state index is 12.2. The van der Waals surface area contributed by atoms with E-state index in [1.165, 1.54) is 22.7 Å². The van der Waals surface area contributed by atoms with Gasteiger partial charge in [-0.2, -0.15) is 0 Å². The van der Waals surface area contributed by atoms with Crippen molar-refractivity contribution in [3.8, 4) is 0 Å². The fourth-order valence-electron chi connectivity index (χ4n) is 2.22. The number of hydrogen-bond donors (Lipinski definition) is 1. The van der Waals surface area contributed by atoms with Crippen molar-refractivity contribution in [2.24, 2.45) is 0 Å². The van der Waals surface area contributed by atoms with E-state index < -0.39 is 0 Å². The lowest BCUT2D eigenvalue weighted by Gasteiger charge is -2.31. The monoisotopic (exact) mass is 358 g/mol. The molecular weight excluding hydrogens is 344 g/mol. The first-order valence-corrected chi connectivity index (χ1v) is 8.98. The highest BCUT2D eigenvalue weighted by Gasteiger charge is 2.28. The minimum Gasteiger partial charge on any atom is -0.379 e. The normalized spacial score (nSPS) is 21.7. The summed E-state index contributed by atoms with van der Waals surface area (Å²) in [7, 11) is 0. The van der Waals surface area contributed by atoms with Crippen LogP contribution in [0.2, 0.25) is 4.34 Å². The molecule has 1 saturated heterocycles. The Kier molecular flexibility index (Phi) is 5.43. The van der Waals surface area contributed by atoms with Crippen LogP contribution in [0.5, 0.6) is 0 Å². The van der Waals surface area contributed by atoms with E-state index in [9.17, 15) is 4.79 Å². The standard InChI is InChI=1S/C14H15ClN2O3S2/c15-13-2-1-12(22-13)14(18)17-10-3-4-19-6-11(10)20-5-9-7-21-8-16-9/h1-2,7-8,10-11H,3-6H2,(H,17,18)/t10-,11-/m1/s1. The minimum absolute atomic E-state index is 0.0687. The highest BCUT2D eigenvalue weighted by Crippen LogP contribution is 2.22. The summed E-state index contributed by atoms with van der Waals surface area (Å²) < 4.78 is 11.9. The summed E-state index contributed by atoms with van der Waals surface area (Å²) in [4.78, 5) is 17.0. The van der Waals surface area contributed by atoms with Crippen LogP contribution in [-0.4, -0.2) is 36.3 Å². The number of rotatable bonds is 5. The van der Waals surface area contributed by atoms with E-state index in [-0.39, 0.29) is 18.1 Å². The maximum Gasteiger partial charge on any atom is 0.261 e. The number of thiazole rings is 1. The summed E-state index contributed by atoms with van der Waals surface area (Å²) in [6, 6.07) is 3.38. The van der Waals surface area contributed by atoms with Gasteiger partial charge < -0.3 is 14.8 Å². The van der Waals surface area contributed by atoms with Crippen molar-refractivity contribution in [2.45, 2.75) is 25.2 Å². The number of nitrogens with one attached hydrogen (secondary N) is 1. The van der Waals surface area contributed by atoms with Crippen LogP contribution in [0.3, 0.4) is 0 Å². The van der Waals surface area contributed by atoms with Crippen LogP contribution in [0.1, 0.15) is 21.8 Å². The average Bonchev–Trinajstić information content (AvgIpc) is 3.17. The predicted octanol–water partition coefficient (Wildman–Crippen LogP) is 2.96. The highest BCUT2D eigenvalue weighted by atomic mass is 35.5. The van der Waals surface area contributed by atoms with Gasteiger partial charge in [-0.15, -0.1) is 22.7 Å². The van der Waals surface area contributed by atoms with Crippen LogP contribution in [0.15, 0.2) is 23.0 Å². The van der Waals surface area contributed by atoms with Crippen LogP contribution < -0.4 is 5.32 Å². The van der Waals surface area contributed by atoms with Gasteiger partial charge in [-0.3, -0.25) is 4.79 Å². The molecule has 1 aliphatic heterocycles. The number of ether oxygens (including phenoxy) is 2. The van der Waals surface area contributed by atoms with Gasteiger partial charge in [-0.25, -0.2) is 4.98 Å². The molecule has 1 fully saturated rings. The first-order chi connectivity index (χ1) is 10.7. The Bertz CT molecular complexity index is 617. The lowest BCUT2D eigenvalue weighted by Crippen LogP contribution is -2.49. The van der Waals surface area contributed by atoms with Gasteiger partial charge in [0.25, 0.3) is 5.91 Å². The molecule has 0 bridgehead atoms. The van der Waals surface area contributed by atoms with E-state index in [0.717, 1.165) is 12.1 Å². The van der Waals surface area contributed by atoms with Gasteiger partial charge in [-0.05, 0) is 18.6 Å².